The number of hydrogen-bond acceptors (Lipinski definition) is 3. The molecule has 1 aromatic heterocycles. The molecule has 0 atom stereocenters. The van der Waals surface area contributed by atoms with E-state index in [1.165, 1.54) is 12.7 Å². The topological polar surface area (TPSA) is 44.1 Å². The van der Waals surface area contributed by atoms with Crippen molar-refractivity contribution < 1.29 is 9.53 Å². The molecule has 0 aliphatic heterocycles. The molecule has 0 fully saturated rings. The minimum atomic E-state index is -0.447. The number of methoxy groups -OCH3 is 1. The van der Waals surface area contributed by atoms with E-state index >= 15 is 0 Å². The third-order valence-corrected chi connectivity index (χ3v) is 4.82. The molecule has 0 saturated heterocycles. The van der Waals surface area contributed by atoms with Gasteiger partial charge in [-0.05, 0) is 48.2 Å². The van der Waals surface area contributed by atoms with E-state index in [0.717, 1.165) is 28.8 Å². The third kappa shape index (κ3) is 3.81. The molecule has 0 spiro atoms. The highest BCUT2D eigenvalue weighted by Gasteiger charge is 2.16. The molecule has 3 aromatic rings. The van der Waals surface area contributed by atoms with Gasteiger partial charge >= 0.3 is 5.97 Å². The zero-order valence-electron chi connectivity index (χ0n) is 15.1. The number of nitrogens with zero attached hydrogens (tertiary/aromatic N) is 2. The van der Waals surface area contributed by atoms with Gasteiger partial charge < -0.3 is 4.74 Å². The quantitative estimate of drug-likeness (QED) is 0.601. The number of aryl methyl sites for hydroxylation is 2. The Morgan fingerprint density at radius 3 is 2.42 bits per heavy atom. The Bertz CT molecular complexity index is 930. The molecule has 26 heavy (non-hydrogen) atoms. The maximum absolute atomic E-state index is 11.9. The molecule has 0 unspecified atom stereocenters. The summed E-state index contributed by atoms with van der Waals surface area (Å²) in [6.45, 7) is 4.65. The summed E-state index contributed by atoms with van der Waals surface area (Å²) >= 11 is 6.15. The van der Waals surface area contributed by atoms with Crippen molar-refractivity contribution in [2.75, 3.05) is 7.11 Å². The minimum Gasteiger partial charge on any atom is -0.464 e. The van der Waals surface area contributed by atoms with Gasteiger partial charge in [0.05, 0.1) is 19.3 Å². The van der Waals surface area contributed by atoms with Crippen molar-refractivity contribution in [3.8, 4) is 11.3 Å². The summed E-state index contributed by atoms with van der Waals surface area (Å²) in [5, 5.41) is 5.17. The normalized spacial score (nSPS) is 10.8. The highest BCUT2D eigenvalue weighted by molar-refractivity contribution is 6.31. The predicted molar refractivity (Wildman–Crippen MR) is 104 cm³/mol. The molecule has 0 aliphatic rings. The lowest BCUT2D eigenvalue weighted by molar-refractivity contribution is 0.0593. The van der Waals surface area contributed by atoms with Crippen molar-refractivity contribution in [1.82, 2.24) is 9.78 Å². The fourth-order valence-electron chi connectivity index (χ4n) is 2.83. The van der Waals surface area contributed by atoms with Gasteiger partial charge in [0.1, 0.15) is 0 Å². The average molecular weight is 369 g/mol. The van der Waals surface area contributed by atoms with Crippen LogP contribution in [0.3, 0.4) is 0 Å². The summed E-state index contributed by atoms with van der Waals surface area (Å²) in [6, 6.07) is 16.0. The molecule has 5 heteroatoms. The molecule has 0 saturated carbocycles. The summed E-state index contributed by atoms with van der Waals surface area (Å²) in [7, 11) is 1.36. The Morgan fingerprint density at radius 1 is 1.12 bits per heavy atom. The first-order chi connectivity index (χ1) is 12.5. The Morgan fingerprint density at radius 2 is 1.81 bits per heavy atom. The van der Waals surface area contributed by atoms with Crippen LogP contribution >= 0.6 is 11.6 Å². The minimum absolute atomic E-state index is 0.292. The van der Waals surface area contributed by atoms with Crippen LogP contribution in [0.1, 0.15) is 34.1 Å². The second-order valence-corrected chi connectivity index (χ2v) is 6.61. The van der Waals surface area contributed by atoms with E-state index in [2.05, 4.69) is 36.3 Å². The zero-order valence-corrected chi connectivity index (χ0v) is 15.9. The summed E-state index contributed by atoms with van der Waals surface area (Å²) < 4.78 is 6.66. The van der Waals surface area contributed by atoms with Gasteiger partial charge in [-0.3, -0.25) is 4.68 Å². The Hall–Kier alpha value is -2.59. The number of ether oxygens (including phenoxy) is 1. The van der Waals surface area contributed by atoms with Gasteiger partial charge in [-0.1, -0.05) is 48.9 Å². The maximum atomic E-state index is 11.9. The number of esters is 1. The molecule has 0 aliphatic carbocycles. The largest absolute Gasteiger partial charge is 0.464 e. The van der Waals surface area contributed by atoms with Crippen molar-refractivity contribution in [2.24, 2.45) is 0 Å². The van der Waals surface area contributed by atoms with Crippen LogP contribution < -0.4 is 0 Å². The molecule has 134 valence electrons. The molecule has 0 bridgehead atoms. The van der Waals surface area contributed by atoms with Crippen molar-refractivity contribution in [3.63, 3.8) is 0 Å². The molecule has 3 rings (SSSR count). The van der Waals surface area contributed by atoms with E-state index in [1.54, 1.807) is 6.07 Å². The SMILES string of the molecule is CCc1ccc(Cn2nc(C(=O)OC)cc2-c2ccc(Cl)c(C)c2)cc1. The van der Waals surface area contributed by atoms with Gasteiger partial charge in [0.15, 0.2) is 5.69 Å². The maximum Gasteiger partial charge on any atom is 0.358 e. The standard InChI is InChI=1S/C21H21ClN2O2/c1-4-15-5-7-16(8-6-15)13-24-20(12-19(23-24)21(25)26-3)17-9-10-18(22)14(2)11-17/h5-12H,4,13H2,1-3H3. The smallest absolute Gasteiger partial charge is 0.358 e. The number of halogens is 1. The number of hydrogen-bond donors (Lipinski definition) is 0. The molecular weight excluding hydrogens is 348 g/mol. The molecule has 4 nitrogen and oxygen atoms in total. The summed E-state index contributed by atoms with van der Waals surface area (Å²) in [5.41, 5.74) is 5.49. The second-order valence-electron chi connectivity index (χ2n) is 6.20. The fourth-order valence-corrected chi connectivity index (χ4v) is 2.95. The van der Waals surface area contributed by atoms with Crippen LogP contribution in [-0.4, -0.2) is 22.9 Å². The monoisotopic (exact) mass is 368 g/mol. The Kier molecular flexibility index (Phi) is 5.43. The predicted octanol–water partition coefficient (Wildman–Crippen LogP) is 4.91. The van der Waals surface area contributed by atoms with Crippen LogP contribution in [0, 0.1) is 6.92 Å². The fraction of sp³-hybridized carbons (Fsp3) is 0.238. The van der Waals surface area contributed by atoms with E-state index in [0.29, 0.717) is 17.3 Å². The average Bonchev–Trinajstić information content (AvgIpc) is 3.07. The van der Waals surface area contributed by atoms with E-state index < -0.39 is 5.97 Å². The number of aromatic nitrogens is 2. The van der Waals surface area contributed by atoms with Crippen molar-refractivity contribution in [1.29, 1.82) is 0 Å². The van der Waals surface area contributed by atoms with E-state index in [4.69, 9.17) is 16.3 Å². The van der Waals surface area contributed by atoms with Crippen LogP contribution in [0.2, 0.25) is 5.02 Å². The zero-order chi connectivity index (χ0) is 18.7. The lowest BCUT2D eigenvalue weighted by Gasteiger charge is -2.09. The lowest BCUT2D eigenvalue weighted by Crippen LogP contribution is -2.07. The van der Waals surface area contributed by atoms with Crippen LogP contribution in [0.15, 0.2) is 48.5 Å². The highest BCUT2D eigenvalue weighted by Crippen LogP contribution is 2.26. The molecule has 1 heterocycles. The summed E-state index contributed by atoms with van der Waals surface area (Å²) in [4.78, 5) is 11.9. The Labute approximate surface area is 158 Å². The number of benzene rings is 2. The molecular formula is C21H21ClN2O2. The summed E-state index contributed by atoms with van der Waals surface area (Å²) in [6.07, 6.45) is 1.00. The van der Waals surface area contributed by atoms with Crippen LogP contribution in [0.5, 0.6) is 0 Å². The van der Waals surface area contributed by atoms with Gasteiger partial charge in [-0.25, -0.2) is 4.79 Å². The first-order valence-corrected chi connectivity index (χ1v) is 8.90. The first-order valence-electron chi connectivity index (χ1n) is 8.52. The van der Waals surface area contributed by atoms with Crippen molar-refractivity contribution >= 4 is 17.6 Å². The van der Waals surface area contributed by atoms with Gasteiger partial charge in [0, 0.05) is 10.6 Å². The van der Waals surface area contributed by atoms with Crippen molar-refractivity contribution in [2.45, 2.75) is 26.8 Å². The van der Waals surface area contributed by atoms with Gasteiger partial charge in [-0.2, -0.15) is 5.10 Å². The molecule has 0 radical (unpaired) electrons. The molecule has 0 amide bonds. The van der Waals surface area contributed by atoms with Gasteiger partial charge in [-0.15, -0.1) is 0 Å². The van der Waals surface area contributed by atoms with E-state index in [1.807, 2.05) is 29.8 Å². The molecule has 0 N–H and O–H groups in total. The number of carbonyl (C=O) groups excluding carboxylic acids is 1. The van der Waals surface area contributed by atoms with Gasteiger partial charge in [0.2, 0.25) is 0 Å². The number of rotatable bonds is 5. The van der Waals surface area contributed by atoms with Crippen molar-refractivity contribution in [3.05, 3.63) is 75.9 Å². The van der Waals surface area contributed by atoms with Crippen LogP contribution in [0.25, 0.3) is 11.3 Å². The van der Waals surface area contributed by atoms with E-state index in [9.17, 15) is 4.79 Å². The Balaban J connectivity index is 2.02. The second kappa shape index (κ2) is 7.75. The lowest BCUT2D eigenvalue weighted by atomic mass is 10.1. The van der Waals surface area contributed by atoms with Crippen LogP contribution in [-0.2, 0) is 17.7 Å². The van der Waals surface area contributed by atoms with Gasteiger partial charge in [0.25, 0.3) is 0 Å². The number of carbonyl (C=O) groups is 1. The molecule has 2 aromatic carbocycles. The van der Waals surface area contributed by atoms with E-state index in [-0.39, 0.29) is 0 Å². The first kappa shape index (κ1) is 18.2. The summed E-state index contributed by atoms with van der Waals surface area (Å²) in [5.74, 6) is -0.447. The third-order valence-electron chi connectivity index (χ3n) is 4.39. The van der Waals surface area contributed by atoms with Crippen LogP contribution in [0.4, 0.5) is 0 Å². The highest BCUT2D eigenvalue weighted by atomic mass is 35.5.